The van der Waals surface area contributed by atoms with Crippen LogP contribution in [0.2, 0.25) is 0 Å². The van der Waals surface area contributed by atoms with Crippen molar-refractivity contribution >= 4 is 29.1 Å². The Morgan fingerprint density at radius 3 is 2.38 bits per heavy atom. The number of anilines is 2. The van der Waals surface area contributed by atoms with Gasteiger partial charge in [-0.25, -0.2) is 4.39 Å². The summed E-state index contributed by atoms with van der Waals surface area (Å²) in [6.07, 6.45) is 0.111. The molecule has 0 bridgehead atoms. The average molecular weight is 431 g/mol. The molecule has 7 heteroatoms. The monoisotopic (exact) mass is 431 g/mol. The molecule has 0 aliphatic carbocycles. The van der Waals surface area contributed by atoms with Gasteiger partial charge < -0.3 is 15.5 Å². The van der Waals surface area contributed by atoms with Crippen LogP contribution in [0, 0.1) is 11.7 Å². The summed E-state index contributed by atoms with van der Waals surface area (Å²) in [5.41, 5.74) is 2.20. The van der Waals surface area contributed by atoms with Crippen LogP contribution in [0.5, 0.6) is 0 Å². The fraction of sp³-hybridized carbons (Fsp3) is 0.160. The molecule has 1 heterocycles. The molecule has 0 radical (unpaired) electrons. The number of carbonyl (C=O) groups is 3. The normalized spacial score (nSPS) is 15.5. The van der Waals surface area contributed by atoms with E-state index >= 15 is 0 Å². The van der Waals surface area contributed by atoms with Gasteiger partial charge in [-0.2, -0.15) is 0 Å². The molecule has 162 valence electrons. The molecule has 6 nitrogen and oxygen atoms in total. The molecule has 4 rings (SSSR count). The predicted molar refractivity (Wildman–Crippen MR) is 120 cm³/mol. The lowest BCUT2D eigenvalue weighted by Gasteiger charge is -2.17. The molecular formula is C25H22FN3O3. The van der Waals surface area contributed by atoms with Gasteiger partial charge in [0.15, 0.2) is 0 Å². The Morgan fingerprint density at radius 2 is 1.62 bits per heavy atom. The lowest BCUT2D eigenvalue weighted by atomic mass is 10.1. The SMILES string of the molecule is O=C(NCc1ccc(F)cc1)c1ccccc1NC(=O)[C@@H]1CC(=O)N(c2ccccc2)C1. The van der Waals surface area contributed by atoms with E-state index in [4.69, 9.17) is 0 Å². The van der Waals surface area contributed by atoms with Crippen LogP contribution in [0.15, 0.2) is 78.9 Å². The first-order valence-electron chi connectivity index (χ1n) is 10.3. The quantitative estimate of drug-likeness (QED) is 0.624. The van der Waals surface area contributed by atoms with Crippen molar-refractivity contribution < 1.29 is 18.8 Å². The maximum atomic E-state index is 13.0. The van der Waals surface area contributed by atoms with Crippen molar-refractivity contribution in [1.82, 2.24) is 5.32 Å². The van der Waals surface area contributed by atoms with Gasteiger partial charge in [0.05, 0.1) is 17.2 Å². The second kappa shape index (κ2) is 9.43. The average Bonchev–Trinajstić information content (AvgIpc) is 3.21. The molecule has 0 spiro atoms. The molecule has 2 N–H and O–H groups in total. The Labute approximate surface area is 185 Å². The molecule has 3 amide bonds. The van der Waals surface area contributed by atoms with Crippen LogP contribution in [0.1, 0.15) is 22.3 Å². The Kier molecular flexibility index (Phi) is 6.26. The summed E-state index contributed by atoms with van der Waals surface area (Å²) in [6.45, 7) is 0.512. The largest absolute Gasteiger partial charge is 0.348 e. The van der Waals surface area contributed by atoms with E-state index in [0.29, 0.717) is 11.3 Å². The number of hydrogen-bond donors (Lipinski definition) is 2. The highest BCUT2D eigenvalue weighted by Gasteiger charge is 2.35. The summed E-state index contributed by atoms with van der Waals surface area (Å²) in [5, 5.41) is 5.58. The minimum absolute atomic E-state index is 0.110. The van der Waals surface area contributed by atoms with E-state index in [-0.39, 0.29) is 43.0 Å². The maximum absolute atomic E-state index is 13.0. The third-order valence-electron chi connectivity index (χ3n) is 5.36. The van der Waals surface area contributed by atoms with Crippen molar-refractivity contribution in [3.63, 3.8) is 0 Å². The number of rotatable bonds is 6. The van der Waals surface area contributed by atoms with Crippen molar-refractivity contribution in [2.24, 2.45) is 5.92 Å². The Balaban J connectivity index is 1.41. The lowest BCUT2D eigenvalue weighted by molar-refractivity contribution is -0.122. The van der Waals surface area contributed by atoms with Crippen LogP contribution < -0.4 is 15.5 Å². The first kappa shape index (κ1) is 21.2. The fourth-order valence-corrected chi connectivity index (χ4v) is 3.65. The fourth-order valence-electron chi connectivity index (χ4n) is 3.65. The third-order valence-corrected chi connectivity index (χ3v) is 5.36. The molecule has 0 saturated carbocycles. The molecule has 1 aliphatic rings. The van der Waals surface area contributed by atoms with Crippen LogP contribution in [0.4, 0.5) is 15.8 Å². The molecule has 1 saturated heterocycles. The topological polar surface area (TPSA) is 78.5 Å². The Hall–Kier alpha value is -4.00. The van der Waals surface area contributed by atoms with Crippen molar-refractivity contribution in [3.05, 3.63) is 95.8 Å². The zero-order valence-corrected chi connectivity index (χ0v) is 17.3. The van der Waals surface area contributed by atoms with Gasteiger partial charge in [-0.05, 0) is 42.0 Å². The summed E-state index contributed by atoms with van der Waals surface area (Å²) >= 11 is 0. The van der Waals surface area contributed by atoms with Gasteiger partial charge >= 0.3 is 0 Å². The smallest absolute Gasteiger partial charge is 0.253 e. The number of amides is 3. The number of para-hydroxylation sites is 2. The van der Waals surface area contributed by atoms with Crippen LogP contribution in [0.3, 0.4) is 0 Å². The number of nitrogens with zero attached hydrogens (tertiary/aromatic N) is 1. The number of benzene rings is 3. The summed E-state index contributed by atoms with van der Waals surface area (Å²) in [5.74, 6) is -1.64. The van der Waals surface area contributed by atoms with Gasteiger partial charge in [-0.15, -0.1) is 0 Å². The third kappa shape index (κ3) is 4.83. The summed E-state index contributed by atoms with van der Waals surface area (Å²) in [7, 11) is 0. The summed E-state index contributed by atoms with van der Waals surface area (Å²) < 4.78 is 13.0. The summed E-state index contributed by atoms with van der Waals surface area (Å²) in [6, 6.07) is 21.8. The molecule has 3 aromatic carbocycles. The van der Waals surface area contributed by atoms with Gasteiger partial charge in [-0.1, -0.05) is 42.5 Å². The van der Waals surface area contributed by atoms with E-state index in [1.54, 1.807) is 41.3 Å². The molecule has 0 aromatic heterocycles. The molecule has 32 heavy (non-hydrogen) atoms. The molecule has 1 aliphatic heterocycles. The molecule has 0 unspecified atom stereocenters. The van der Waals surface area contributed by atoms with Gasteiger partial charge in [0.2, 0.25) is 11.8 Å². The van der Waals surface area contributed by atoms with Crippen LogP contribution >= 0.6 is 0 Å². The number of carbonyl (C=O) groups excluding carboxylic acids is 3. The zero-order chi connectivity index (χ0) is 22.5. The number of halogens is 1. The Bertz CT molecular complexity index is 1130. The molecule has 3 aromatic rings. The van der Waals surface area contributed by atoms with E-state index < -0.39 is 5.92 Å². The van der Waals surface area contributed by atoms with Crippen molar-refractivity contribution in [3.8, 4) is 0 Å². The van der Waals surface area contributed by atoms with Gasteiger partial charge in [0.1, 0.15) is 5.82 Å². The zero-order valence-electron chi connectivity index (χ0n) is 17.3. The van der Waals surface area contributed by atoms with Crippen molar-refractivity contribution in [2.45, 2.75) is 13.0 Å². The van der Waals surface area contributed by atoms with E-state index in [9.17, 15) is 18.8 Å². The standard InChI is InChI=1S/C25H22FN3O3/c26-19-12-10-17(11-13-19)15-27-25(32)21-8-4-5-9-22(21)28-24(31)18-14-23(30)29(16-18)20-6-2-1-3-7-20/h1-13,18H,14-16H2,(H,27,32)(H,28,31)/t18-/m1/s1. The maximum Gasteiger partial charge on any atom is 0.253 e. The highest BCUT2D eigenvalue weighted by Crippen LogP contribution is 2.26. The highest BCUT2D eigenvalue weighted by molar-refractivity contribution is 6.07. The first-order valence-corrected chi connectivity index (χ1v) is 10.3. The van der Waals surface area contributed by atoms with Gasteiger partial charge in [0.25, 0.3) is 5.91 Å². The molecule has 1 fully saturated rings. The van der Waals surface area contributed by atoms with Gasteiger partial charge in [-0.3, -0.25) is 14.4 Å². The minimum Gasteiger partial charge on any atom is -0.348 e. The van der Waals surface area contributed by atoms with E-state index in [2.05, 4.69) is 10.6 Å². The highest BCUT2D eigenvalue weighted by atomic mass is 19.1. The van der Waals surface area contributed by atoms with Crippen molar-refractivity contribution in [2.75, 3.05) is 16.8 Å². The number of hydrogen-bond acceptors (Lipinski definition) is 3. The molecule has 1 atom stereocenters. The van der Waals surface area contributed by atoms with E-state index in [1.165, 1.54) is 12.1 Å². The van der Waals surface area contributed by atoms with Gasteiger partial charge in [0, 0.05) is 25.2 Å². The summed E-state index contributed by atoms with van der Waals surface area (Å²) in [4.78, 5) is 39.6. The second-order valence-corrected chi connectivity index (χ2v) is 7.58. The van der Waals surface area contributed by atoms with Crippen molar-refractivity contribution in [1.29, 1.82) is 0 Å². The predicted octanol–water partition coefficient (Wildman–Crippen LogP) is 3.75. The van der Waals surface area contributed by atoms with Crippen LogP contribution in [0.25, 0.3) is 0 Å². The molecular weight excluding hydrogens is 409 g/mol. The second-order valence-electron chi connectivity index (χ2n) is 7.58. The minimum atomic E-state index is -0.516. The van der Waals surface area contributed by atoms with Crippen LogP contribution in [-0.2, 0) is 16.1 Å². The first-order chi connectivity index (χ1) is 15.5. The lowest BCUT2D eigenvalue weighted by Crippen LogP contribution is -2.29. The van der Waals surface area contributed by atoms with E-state index in [0.717, 1.165) is 11.3 Å². The number of nitrogens with one attached hydrogen (secondary N) is 2. The van der Waals surface area contributed by atoms with E-state index in [1.807, 2.05) is 30.3 Å². The Morgan fingerprint density at radius 1 is 0.938 bits per heavy atom. The van der Waals surface area contributed by atoms with Crippen LogP contribution in [-0.4, -0.2) is 24.3 Å².